The number of fused-ring (bicyclic) bond motifs is 1. The second-order valence-electron chi connectivity index (χ2n) is 3.32. The molecule has 1 aromatic carbocycles. The molecule has 0 fully saturated rings. The van der Waals surface area contributed by atoms with E-state index in [2.05, 4.69) is 9.71 Å². The number of benzene rings is 1. The quantitative estimate of drug-likeness (QED) is 0.812. The van der Waals surface area contributed by atoms with E-state index in [9.17, 15) is 8.42 Å². The van der Waals surface area contributed by atoms with E-state index in [1.165, 1.54) is 6.07 Å². The van der Waals surface area contributed by atoms with Gasteiger partial charge in [-0.05, 0) is 24.7 Å². The molecule has 0 atom stereocenters. The Labute approximate surface area is 104 Å². The van der Waals surface area contributed by atoms with Crippen LogP contribution < -0.4 is 11.1 Å². The normalized spacial score (nSPS) is 16.2. The lowest BCUT2D eigenvalue weighted by Gasteiger charge is -2.17. The Morgan fingerprint density at radius 3 is 2.76 bits per heavy atom. The van der Waals surface area contributed by atoms with Crippen molar-refractivity contribution < 1.29 is 13.9 Å². The minimum absolute atomic E-state index is 0. The van der Waals surface area contributed by atoms with E-state index >= 15 is 0 Å². The average Bonchev–Trinajstić information content (AvgIpc) is 2.19. The number of rotatable bonds is 2. The van der Waals surface area contributed by atoms with Crippen LogP contribution >= 0.6 is 11.6 Å². The third-order valence-electron chi connectivity index (χ3n) is 2.11. The molecular formula is C9H12ClN3O3S. The summed E-state index contributed by atoms with van der Waals surface area (Å²) in [5.41, 5.74) is 5.84. The molecule has 6 nitrogen and oxygen atoms in total. The minimum Gasteiger partial charge on any atom is -0.412 e. The van der Waals surface area contributed by atoms with Crippen LogP contribution in [0.2, 0.25) is 5.02 Å². The molecule has 17 heavy (non-hydrogen) atoms. The standard InChI is InChI=1S/C9H10ClN3O2S.H2O/c10-6-1-2-7-8(5-6)16(14,15)13-9(12-7)3-4-11;/h1-2,5H,3-4,11H2,(H,12,13);1H2. The Balaban J connectivity index is 0.00000144. The number of hydrogen-bond donors (Lipinski definition) is 2. The van der Waals surface area contributed by atoms with Crippen LogP contribution in [0.4, 0.5) is 5.69 Å². The molecule has 1 aliphatic rings. The first-order valence-electron chi connectivity index (χ1n) is 4.63. The van der Waals surface area contributed by atoms with Crippen LogP contribution in [0.25, 0.3) is 0 Å². The first-order valence-corrected chi connectivity index (χ1v) is 6.45. The summed E-state index contributed by atoms with van der Waals surface area (Å²) in [6.45, 7) is 0.338. The summed E-state index contributed by atoms with van der Waals surface area (Å²) in [5, 5.41) is 3.28. The van der Waals surface area contributed by atoms with Gasteiger partial charge < -0.3 is 16.5 Å². The third kappa shape index (κ3) is 2.75. The van der Waals surface area contributed by atoms with Gasteiger partial charge in [-0.2, -0.15) is 8.42 Å². The number of nitrogens with two attached hydrogens (primary N) is 1. The van der Waals surface area contributed by atoms with E-state index in [0.717, 1.165) is 0 Å². The van der Waals surface area contributed by atoms with Gasteiger partial charge in [0, 0.05) is 11.4 Å². The number of hydrogen-bond acceptors (Lipinski definition) is 4. The molecule has 0 bridgehead atoms. The van der Waals surface area contributed by atoms with Gasteiger partial charge in [-0.1, -0.05) is 11.6 Å². The highest BCUT2D eigenvalue weighted by atomic mass is 35.5. The fourth-order valence-corrected chi connectivity index (χ4v) is 2.87. The van der Waals surface area contributed by atoms with Crippen LogP contribution in [-0.4, -0.2) is 26.3 Å². The highest BCUT2D eigenvalue weighted by Gasteiger charge is 2.24. The SMILES string of the molecule is NCCC1=NS(=O)(=O)c2cc(Cl)ccc2N1.O. The monoisotopic (exact) mass is 277 g/mol. The van der Waals surface area contributed by atoms with E-state index in [1.54, 1.807) is 12.1 Å². The molecule has 0 radical (unpaired) electrons. The molecular weight excluding hydrogens is 266 g/mol. The molecule has 0 amide bonds. The Morgan fingerprint density at radius 1 is 1.41 bits per heavy atom. The van der Waals surface area contributed by atoms with Crippen LogP contribution in [0.5, 0.6) is 0 Å². The van der Waals surface area contributed by atoms with Gasteiger partial charge in [-0.15, -0.1) is 4.40 Å². The predicted octanol–water partition coefficient (Wildman–Crippen LogP) is 0.377. The Kier molecular flexibility index (Phi) is 4.10. The van der Waals surface area contributed by atoms with Crippen LogP contribution in [-0.2, 0) is 10.0 Å². The van der Waals surface area contributed by atoms with E-state index < -0.39 is 10.0 Å². The lowest BCUT2D eigenvalue weighted by molar-refractivity contribution is 0.597. The highest BCUT2D eigenvalue weighted by Crippen LogP contribution is 2.29. The zero-order valence-electron chi connectivity index (χ0n) is 8.77. The predicted molar refractivity (Wildman–Crippen MR) is 67.0 cm³/mol. The number of sulfonamides is 1. The average molecular weight is 278 g/mol. The first-order chi connectivity index (χ1) is 7.53. The maximum Gasteiger partial charge on any atom is 0.286 e. The second kappa shape index (κ2) is 5.01. The summed E-state index contributed by atoms with van der Waals surface area (Å²) in [5.74, 6) is 0.359. The lowest BCUT2D eigenvalue weighted by Crippen LogP contribution is -2.23. The van der Waals surface area contributed by atoms with Crippen molar-refractivity contribution in [2.24, 2.45) is 10.1 Å². The molecule has 94 valence electrons. The van der Waals surface area contributed by atoms with E-state index in [1.807, 2.05) is 0 Å². The molecule has 8 heteroatoms. The van der Waals surface area contributed by atoms with Gasteiger partial charge in [0.25, 0.3) is 10.0 Å². The smallest absolute Gasteiger partial charge is 0.286 e. The van der Waals surface area contributed by atoms with Crippen molar-refractivity contribution in [2.75, 3.05) is 11.9 Å². The van der Waals surface area contributed by atoms with Gasteiger partial charge in [0.15, 0.2) is 0 Å². The van der Waals surface area contributed by atoms with Crippen molar-refractivity contribution in [1.82, 2.24) is 0 Å². The van der Waals surface area contributed by atoms with Crippen molar-refractivity contribution in [3.63, 3.8) is 0 Å². The fourth-order valence-electron chi connectivity index (χ4n) is 1.43. The van der Waals surface area contributed by atoms with E-state index in [-0.39, 0.29) is 10.4 Å². The highest BCUT2D eigenvalue weighted by molar-refractivity contribution is 7.90. The zero-order chi connectivity index (χ0) is 11.8. The van der Waals surface area contributed by atoms with Gasteiger partial charge in [0.2, 0.25) is 0 Å². The fraction of sp³-hybridized carbons (Fsp3) is 0.222. The Bertz CT molecular complexity index is 557. The maximum absolute atomic E-state index is 11.8. The molecule has 0 saturated heterocycles. The minimum atomic E-state index is -3.65. The summed E-state index contributed by atoms with van der Waals surface area (Å²) in [7, 11) is -3.65. The lowest BCUT2D eigenvalue weighted by atomic mass is 10.3. The van der Waals surface area contributed by atoms with Crippen LogP contribution in [0.3, 0.4) is 0 Å². The molecule has 1 aromatic rings. The van der Waals surface area contributed by atoms with Crippen LogP contribution in [0, 0.1) is 0 Å². The van der Waals surface area contributed by atoms with Gasteiger partial charge in [0.05, 0.1) is 5.69 Å². The molecule has 0 unspecified atom stereocenters. The van der Waals surface area contributed by atoms with E-state index in [4.69, 9.17) is 17.3 Å². The number of nitrogens with zero attached hydrogens (tertiary/aromatic N) is 1. The topological polar surface area (TPSA) is 116 Å². The summed E-state index contributed by atoms with van der Waals surface area (Å²) >= 11 is 5.74. The van der Waals surface area contributed by atoms with Crippen LogP contribution in [0.1, 0.15) is 6.42 Å². The van der Waals surface area contributed by atoms with E-state index in [0.29, 0.717) is 29.5 Å². The van der Waals surface area contributed by atoms with Gasteiger partial charge in [-0.3, -0.25) is 0 Å². The first kappa shape index (κ1) is 13.9. The summed E-state index contributed by atoms with van der Waals surface area (Å²) in [6.07, 6.45) is 0.390. The molecule has 5 N–H and O–H groups in total. The van der Waals surface area contributed by atoms with Gasteiger partial charge in [-0.25, -0.2) is 0 Å². The molecule has 1 heterocycles. The molecule has 2 rings (SSSR count). The number of halogens is 1. The molecule has 1 aliphatic heterocycles. The van der Waals surface area contributed by atoms with Crippen molar-refractivity contribution in [1.29, 1.82) is 0 Å². The van der Waals surface area contributed by atoms with Gasteiger partial charge >= 0.3 is 0 Å². The largest absolute Gasteiger partial charge is 0.412 e. The van der Waals surface area contributed by atoms with Crippen molar-refractivity contribution in [3.8, 4) is 0 Å². The maximum atomic E-state index is 11.8. The summed E-state index contributed by atoms with van der Waals surface area (Å²) < 4.78 is 27.2. The molecule has 0 saturated carbocycles. The number of nitrogens with one attached hydrogen (secondary N) is 1. The number of amidine groups is 1. The Hall–Kier alpha value is -1.15. The van der Waals surface area contributed by atoms with Crippen molar-refractivity contribution in [3.05, 3.63) is 23.2 Å². The summed E-state index contributed by atoms with van der Waals surface area (Å²) in [6, 6.07) is 4.61. The number of anilines is 1. The Morgan fingerprint density at radius 2 is 2.12 bits per heavy atom. The van der Waals surface area contributed by atoms with Crippen LogP contribution in [0.15, 0.2) is 27.5 Å². The second-order valence-corrected chi connectivity index (χ2v) is 5.33. The van der Waals surface area contributed by atoms with Gasteiger partial charge in [0.1, 0.15) is 10.7 Å². The van der Waals surface area contributed by atoms with Crippen molar-refractivity contribution >= 4 is 33.1 Å². The summed E-state index contributed by atoms with van der Waals surface area (Å²) in [4.78, 5) is 0.0979. The molecule has 0 aromatic heterocycles. The van der Waals surface area contributed by atoms with Crippen molar-refractivity contribution in [2.45, 2.75) is 11.3 Å². The zero-order valence-corrected chi connectivity index (χ0v) is 10.3. The molecule has 0 spiro atoms. The third-order valence-corrected chi connectivity index (χ3v) is 3.70. The molecule has 0 aliphatic carbocycles.